The largest absolute Gasteiger partial charge is 0.497 e. The molecule has 3 aromatic rings. The molecule has 162 valence electrons. The second-order valence-electron chi connectivity index (χ2n) is 5.93. The van der Waals surface area contributed by atoms with Crippen molar-refractivity contribution in [1.82, 2.24) is 20.4 Å². The molecule has 31 heavy (non-hydrogen) atoms. The number of halogens is 2. The number of nitrogens with zero attached hydrogens (tertiary/aromatic N) is 3. The van der Waals surface area contributed by atoms with Gasteiger partial charge in [0.15, 0.2) is 0 Å². The van der Waals surface area contributed by atoms with Gasteiger partial charge in [-0.05, 0) is 18.2 Å². The lowest BCUT2D eigenvalue weighted by atomic mass is 10.2. The lowest BCUT2D eigenvalue weighted by Crippen LogP contribution is -2.38. The molecule has 0 aliphatic carbocycles. The van der Waals surface area contributed by atoms with E-state index in [-0.39, 0.29) is 22.8 Å². The summed E-state index contributed by atoms with van der Waals surface area (Å²) in [6, 6.07) is 8.35. The van der Waals surface area contributed by atoms with Gasteiger partial charge in [0, 0.05) is 23.4 Å². The first-order valence-electron chi connectivity index (χ1n) is 8.59. The minimum absolute atomic E-state index is 0.0934. The fourth-order valence-corrected chi connectivity index (χ4v) is 2.36. The van der Waals surface area contributed by atoms with E-state index in [1.807, 2.05) is 5.48 Å². The number of pyridine rings is 1. The lowest BCUT2D eigenvalue weighted by molar-refractivity contribution is -0.367. The predicted molar refractivity (Wildman–Crippen MR) is 99.6 cm³/mol. The number of ether oxygens (including phenoxy) is 2. The molecule has 3 rings (SSSR count). The van der Waals surface area contributed by atoms with Crippen LogP contribution in [0.3, 0.4) is 0 Å². The van der Waals surface area contributed by atoms with Crippen molar-refractivity contribution >= 4 is 5.91 Å². The van der Waals surface area contributed by atoms with Crippen LogP contribution >= 0.6 is 0 Å². The molecule has 2 heterocycles. The molecule has 0 bridgehead atoms. The number of alkyl halides is 2. The number of rotatable bonds is 8. The van der Waals surface area contributed by atoms with Crippen molar-refractivity contribution in [2.75, 3.05) is 7.11 Å². The van der Waals surface area contributed by atoms with Crippen LogP contribution < -0.4 is 15.0 Å². The van der Waals surface area contributed by atoms with Crippen LogP contribution in [0.5, 0.6) is 11.6 Å². The maximum Gasteiger partial charge on any atom is 0.388 e. The summed E-state index contributed by atoms with van der Waals surface area (Å²) in [5.41, 5.74) is 2.15. The highest BCUT2D eigenvalue weighted by molar-refractivity contribution is 5.91. The van der Waals surface area contributed by atoms with Gasteiger partial charge in [-0.2, -0.15) is 8.78 Å². The lowest BCUT2D eigenvalue weighted by Gasteiger charge is -2.21. The number of hydrogen-bond acceptors (Lipinski definition) is 9. The smallest absolute Gasteiger partial charge is 0.388 e. The number of carbonyl (C=O) groups excluding carboxylic acids is 1. The van der Waals surface area contributed by atoms with Crippen LogP contribution in [0.25, 0.3) is 11.3 Å². The number of hydroxylamine groups is 1. The van der Waals surface area contributed by atoms with Crippen molar-refractivity contribution in [1.29, 1.82) is 0 Å². The van der Waals surface area contributed by atoms with Crippen molar-refractivity contribution in [3.8, 4) is 22.9 Å². The molecule has 0 saturated heterocycles. The molecule has 0 saturated carbocycles. The third-order valence-electron chi connectivity index (χ3n) is 3.84. The normalized spacial score (nSPS) is 11.3. The van der Waals surface area contributed by atoms with Gasteiger partial charge < -0.3 is 19.7 Å². The van der Waals surface area contributed by atoms with Gasteiger partial charge in [-0.3, -0.25) is 9.78 Å². The van der Waals surface area contributed by atoms with E-state index in [1.165, 1.54) is 49.8 Å². The van der Waals surface area contributed by atoms with Crippen molar-refractivity contribution in [2.24, 2.45) is 0 Å². The Morgan fingerprint density at radius 3 is 2.65 bits per heavy atom. The molecule has 0 spiro atoms. The van der Waals surface area contributed by atoms with Gasteiger partial charge in [0.2, 0.25) is 5.88 Å². The van der Waals surface area contributed by atoms with E-state index in [9.17, 15) is 23.8 Å². The minimum atomic E-state index is -3.01. The van der Waals surface area contributed by atoms with Crippen molar-refractivity contribution < 1.29 is 38.1 Å². The monoisotopic (exact) mass is 434 g/mol. The number of benzene rings is 1. The van der Waals surface area contributed by atoms with E-state index in [4.69, 9.17) is 9.57 Å². The molecule has 3 N–H and O–H groups in total. The van der Waals surface area contributed by atoms with E-state index in [1.54, 1.807) is 6.07 Å². The Labute approximate surface area is 174 Å². The van der Waals surface area contributed by atoms with Crippen molar-refractivity contribution in [3.05, 3.63) is 66.2 Å². The summed E-state index contributed by atoms with van der Waals surface area (Å²) in [4.78, 5) is 28.7. The second kappa shape index (κ2) is 9.38. The van der Waals surface area contributed by atoms with Crippen LogP contribution in [0, 0.1) is 0 Å². The summed E-state index contributed by atoms with van der Waals surface area (Å²) in [7, 11) is 1.40. The molecule has 1 aromatic carbocycles. The number of carbonyl (C=O) groups is 1. The van der Waals surface area contributed by atoms with Gasteiger partial charge in [-0.15, -0.1) is 0 Å². The third kappa shape index (κ3) is 5.66. The molecular formula is C19H16F2N4O6. The fraction of sp³-hybridized carbons (Fsp3) is 0.158. The number of aromatic nitrogens is 3. The van der Waals surface area contributed by atoms with E-state index >= 15 is 0 Å². The number of aliphatic hydroxyl groups is 2. The average molecular weight is 434 g/mol. The highest BCUT2D eigenvalue weighted by Crippen LogP contribution is 2.23. The van der Waals surface area contributed by atoms with Gasteiger partial charge in [-0.25, -0.2) is 20.3 Å². The third-order valence-corrected chi connectivity index (χ3v) is 3.84. The molecule has 10 nitrogen and oxygen atoms in total. The molecule has 0 fully saturated rings. The highest BCUT2D eigenvalue weighted by Gasteiger charge is 2.30. The summed E-state index contributed by atoms with van der Waals surface area (Å²) in [6.07, 6.45) is 3.65. The van der Waals surface area contributed by atoms with Crippen LogP contribution in [0.4, 0.5) is 8.78 Å². The van der Waals surface area contributed by atoms with Crippen LogP contribution in [-0.4, -0.2) is 44.8 Å². The molecule has 0 radical (unpaired) electrons. The molecule has 0 aliphatic rings. The number of methoxy groups -OCH3 is 1. The molecule has 2 aromatic heterocycles. The molecule has 12 heteroatoms. The first-order chi connectivity index (χ1) is 14.8. The molecule has 1 amide bonds. The average Bonchev–Trinajstić information content (AvgIpc) is 2.78. The number of hydrogen-bond donors (Lipinski definition) is 3. The maximum atomic E-state index is 12.3. The predicted octanol–water partition coefficient (Wildman–Crippen LogP) is 1.61. The summed E-state index contributed by atoms with van der Waals surface area (Å²) < 4.78 is 33.6. The second-order valence-corrected chi connectivity index (χ2v) is 5.93. The Bertz CT molecular complexity index is 1050. The standard InChI is InChI=1S/C19H16F2N4O6/c1-29-13-4-2-3-12(7-13)19(27,28)31-25-17(26)15-10-22-9-14(24-15)11-5-6-16(23-8-11)30-18(20)21/h2-10,18,27-28H,1H3,(H,25,26). The van der Waals surface area contributed by atoms with Gasteiger partial charge in [-0.1, -0.05) is 12.1 Å². The molecular weight excluding hydrogens is 418 g/mol. The zero-order valence-electron chi connectivity index (χ0n) is 15.9. The van der Waals surface area contributed by atoms with Gasteiger partial charge >= 0.3 is 12.6 Å². The Hall–Kier alpha value is -3.74. The van der Waals surface area contributed by atoms with Crippen LogP contribution in [0.15, 0.2) is 55.0 Å². The van der Waals surface area contributed by atoms with Crippen molar-refractivity contribution in [2.45, 2.75) is 12.6 Å². The number of nitrogens with one attached hydrogen (secondary N) is 1. The fourth-order valence-electron chi connectivity index (χ4n) is 2.36. The molecule has 0 unspecified atom stereocenters. The maximum absolute atomic E-state index is 12.3. The first kappa shape index (κ1) is 22.0. The highest BCUT2D eigenvalue weighted by atomic mass is 19.3. The molecule has 0 aliphatic heterocycles. The SMILES string of the molecule is COc1cccc(C(O)(O)ONC(=O)c2cncc(-c3ccc(OC(F)F)nc3)n2)c1. The zero-order chi connectivity index (χ0) is 22.4. The minimum Gasteiger partial charge on any atom is -0.497 e. The summed E-state index contributed by atoms with van der Waals surface area (Å²) >= 11 is 0. The Kier molecular flexibility index (Phi) is 6.65. The quantitative estimate of drug-likeness (QED) is 0.357. The van der Waals surface area contributed by atoms with E-state index < -0.39 is 18.5 Å². The Morgan fingerprint density at radius 2 is 1.97 bits per heavy atom. The summed E-state index contributed by atoms with van der Waals surface area (Å²) in [6.45, 7) is -3.01. The summed E-state index contributed by atoms with van der Waals surface area (Å²) in [5, 5.41) is 20.2. The first-order valence-corrected chi connectivity index (χ1v) is 8.59. The number of amides is 1. The molecule has 0 atom stereocenters. The van der Waals surface area contributed by atoms with Gasteiger partial charge in [0.05, 0.1) is 25.2 Å². The summed E-state index contributed by atoms with van der Waals surface area (Å²) in [5.74, 6) is -3.71. The van der Waals surface area contributed by atoms with Gasteiger partial charge in [0.25, 0.3) is 5.91 Å². The Balaban J connectivity index is 1.69. The topological polar surface area (TPSA) is 136 Å². The van der Waals surface area contributed by atoms with Crippen molar-refractivity contribution in [3.63, 3.8) is 0 Å². The van der Waals surface area contributed by atoms with E-state index in [0.29, 0.717) is 11.3 Å². The van der Waals surface area contributed by atoms with E-state index in [2.05, 4.69) is 19.7 Å². The van der Waals surface area contributed by atoms with Crippen LogP contribution in [0.2, 0.25) is 0 Å². The Morgan fingerprint density at radius 1 is 1.16 bits per heavy atom. The van der Waals surface area contributed by atoms with Crippen LogP contribution in [0.1, 0.15) is 16.1 Å². The van der Waals surface area contributed by atoms with E-state index in [0.717, 1.165) is 6.20 Å². The van der Waals surface area contributed by atoms with Crippen LogP contribution in [-0.2, 0) is 10.8 Å². The van der Waals surface area contributed by atoms with Gasteiger partial charge in [0.1, 0.15) is 11.4 Å². The zero-order valence-corrected chi connectivity index (χ0v) is 15.9.